The molecule has 13 heteroatoms. The van der Waals surface area contributed by atoms with E-state index in [0.29, 0.717) is 77.8 Å². The molecule has 0 radical (unpaired) electrons. The number of morpholine rings is 1. The van der Waals surface area contributed by atoms with Gasteiger partial charge < -0.3 is 33.5 Å². The van der Waals surface area contributed by atoms with Crippen molar-refractivity contribution < 1.29 is 29.0 Å². The van der Waals surface area contributed by atoms with E-state index in [1.165, 1.54) is 17.7 Å². The van der Waals surface area contributed by atoms with Gasteiger partial charge in [0.15, 0.2) is 0 Å². The quantitative estimate of drug-likeness (QED) is 0.140. The van der Waals surface area contributed by atoms with Crippen molar-refractivity contribution in [3.8, 4) is 28.8 Å². The van der Waals surface area contributed by atoms with Crippen LogP contribution in [0.1, 0.15) is 72.5 Å². The number of phenolic OH excluding ortho intramolecular Hbond substituents is 1. The van der Waals surface area contributed by atoms with Crippen molar-refractivity contribution in [3.63, 3.8) is 0 Å². The second-order valence-electron chi connectivity index (χ2n) is 18.0. The van der Waals surface area contributed by atoms with Gasteiger partial charge in [-0.15, -0.1) is 0 Å². The Kier molecular flexibility index (Phi) is 12.8. The van der Waals surface area contributed by atoms with Crippen LogP contribution in [0.15, 0.2) is 97.1 Å². The van der Waals surface area contributed by atoms with Crippen molar-refractivity contribution in [1.82, 2.24) is 23.8 Å². The Hall–Kier alpha value is -7.14. The third-order valence-corrected chi connectivity index (χ3v) is 14.0. The molecule has 3 aliphatic heterocycles. The summed E-state index contributed by atoms with van der Waals surface area (Å²) < 4.78 is 15.2. The molecule has 0 spiro atoms. The highest BCUT2D eigenvalue weighted by atomic mass is 16.5. The lowest BCUT2D eigenvalue weighted by Gasteiger charge is -2.36. The fraction of sp³-hybridized carbons (Fsp3) is 0.333. The Labute approximate surface area is 392 Å². The summed E-state index contributed by atoms with van der Waals surface area (Å²) in [7, 11) is 3.70. The molecule has 67 heavy (non-hydrogen) atoms. The number of anilines is 2. The number of ether oxygens (including phenoxy) is 2. The van der Waals surface area contributed by atoms with E-state index in [4.69, 9.17) is 9.47 Å². The number of hydrogen-bond donors (Lipinski definition) is 1. The van der Waals surface area contributed by atoms with Crippen LogP contribution in [0.3, 0.4) is 0 Å². The van der Waals surface area contributed by atoms with E-state index in [1.54, 1.807) is 34.7 Å². The summed E-state index contributed by atoms with van der Waals surface area (Å²) in [5.41, 5.74) is 10.5. The zero-order valence-electron chi connectivity index (χ0n) is 38.9. The molecular formula is C54H57N7O6. The van der Waals surface area contributed by atoms with Crippen LogP contribution in [-0.4, -0.2) is 98.7 Å². The number of nitrogens with zero attached hydrogens (tertiary/aromatic N) is 7. The summed E-state index contributed by atoms with van der Waals surface area (Å²) in [5, 5.41) is 20.1. The molecule has 5 heterocycles. The van der Waals surface area contributed by atoms with Gasteiger partial charge in [-0.25, -0.2) is 0 Å². The largest absolute Gasteiger partial charge is 0.508 e. The molecule has 1 fully saturated rings. The average molecular weight is 900 g/mol. The molecule has 1 atom stereocenters. The van der Waals surface area contributed by atoms with Gasteiger partial charge in [0.25, 0.3) is 11.8 Å². The third-order valence-electron chi connectivity index (χ3n) is 14.0. The molecule has 1 saturated heterocycles. The van der Waals surface area contributed by atoms with E-state index in [1.807, 2.05) is 83.8 Å². The van der Waals surface area contributed by atoms with Gasteiger partial charge in [0, 0.05) is 93.3 Å². The summed E-state index contributed by atoms with van der Waals surface area (Å²) in [6.45, 7) is 12.0. The van der Waals surface area contributed by atoms with Crippen LogP contribution in [0.5, 0.6) is 11.5 Å². The van der Waals surface area contributed by atoms with Gasteiger partial charge in [0.05, 0.1) is 30.9 Å². The molecule has 0 unspecified atom stereocenters. The van der Waals surface area contributed by atoms with Crippen molar-refractivity contribution in [1.29, 1.82) is 5.26 Å². The molecule has 3 amide bonds. The summed E-state index contributed by atoms with van der Waals surface area (Å²) in [5.74, 6) is 0.412. The molecule has 6 aromatic rings. The molecule has 0 saturated carbocycles. The van der Waals surface area contributed by atoms with Gasteiger partial charge in [-0.2, -0.15) is 5.26 Å². The number of phenols is 1. The van der Waals surface area contributed by atoms with E-state index in [-0.39, 0.29) is 35.9 Å². The highest BCUT2D eigenvalue weighted by molar-refractivity contribution is 6.13. The van der Waals surface area contributed by atoms with Crippen LogP contribution in [-0.2, 0) is 56.0 Å². The molecule has 344 valence electrons. The van der Waals surface area contributed by atoms with Gasteiger partial charge in [0.2, 0.25) is 5.91 Å². The number of carbonyl (C=O) groups is 3. The van der Waals surface area contributed by atoms with Crippen molar-refractivity contribution in [2.24, 2.45) is 14.1 Å². The van der Waals surface area contributed by atoms with Gasteiger partial charge in [-0.05, 0) is 122 Å². The Balaban J connectivity index is 1.03. The van der Waals surface area contributed by atoms with E-state index < -0.39 is 0 Å². The third kappa shape index (κ3) is 9.07. The van der Waals surface area contributed by atoms with Gasteiger partial charge in [-0.1, -0.05) is 36.4 Å². The fourth-order valence-electron chi connectivity index (χ4n) is 9.70. The number of benzene rings is 4. The molecule has 1 N–H and O–H groups in total. The van der Waals surface area contributed by atoms with Gasteiger partial charge >= 0.3 is 0 Å². The van der Waals surface area contributed by atoms with Crippen LogP contribution < -0.4 is 9.64 Å². The lowest BCUT2D eigenvalue weighted by atomic mass is 9.89. The first-order chi connectivity index (χ1) is 32.4. The number of nitriles is 1. The molecular weight excluding hydrogens is 843 g/mol. The topological polar surface area (TPSA) is 137 Å². The Morgan fingerprint density at radius 2 is 1.55 bits per heavy atom. The Bertz CT molecular complexity index is 2880. The predicted molar refractivity (Wildman–Crippen MR) is 257 cm³/mol. The van der Waals surface area contributed by atoms with Gasteiger partial charge in [-0.3, -0.25) is 24.2 Å². The molecule has 0 bridgehead atoms. The molecule has 4 aromatic carbocycles. The SMILES string of the molecule is Cc1c(N(C(=O)c2cc(-c3cc4c(cc3C(=O)N3Cc5ccccc5C[C@H]3C)CN(C(=O)Cc3ccc(OCCN5CCOCC5)cc3)CC4)n(C)c2C)c2ccc(O)cc2)cc(C#N)n1C. The normalized spacial score (nSPS) is 16.0. The number of aromatic nitrogens is 2. The zero-order chi connectivity index (χ0) is 46.9. The number of fused-ring (bicyclic) bond motifs is 2. The first-order valence-electron chi connectivity index (χ1n) is 23.1. The fourth-order valence-corrected chi connectivity index (χ4v) is 9.70. The van der Waals surface area contributed by atoms with Crippen molar-refractivity contribution in [2.75, 3.05) is 50.9 Å². The smallest absolute Gasteiger partial charge is 0.264 e. The average Bonchev–Trinajstić information content (AvgIpc) is 3.80. The predicted octanol–water partition coefficient (Wildman–Crippen LogP) is 7.63. The maximum absolute atomic E-state index is 15.2. The molecule has 13 nitrogen and oxygen atoms in total. The minimum atomic E-state index is -0.324. The van der Waals surface area contributed by atoms with Crippen molar-refractivity contribution in [3.05, 3.63) is 153 Å². The monoisotopic (exact) mass is 899 g/mol. The Morgan fingerprint density at radius 1 is 0.821 bits per heavy atom. The number of amides is 3. The molecule has 2 aromatic heterocycles. The highest BCUT2D eigenvalue weighted by Gasteiger charge is 2.33. The molecule has 3 aliphatic rings. The van der Waals surface area contributed by atoms with Crippen molar-refractivity contribution >= 4 is 29.1 Å². The van der Waals surface area contributed by atoms with Crippen LogP contribution >= 0.6 is 0 Å². The van der Waals surface area contributed by atoms with E-state index in [0.717, 1.165) is 73.0 Å². The number of rotatable bonds is 11. The van der Waals surface area contributed by atoms with E-state index in [2.05, 4.69) is 36.1 Å². The second-order valence-corrected chi connectivity index (χ2v) is 18.0. The van der Waals surface area contributed by atoms with Crippen LogP contribution in [0.25, 0.3) is 11.3 Å². The van der Waals surface area contributed by atoms with Gasteiger partial charge in [0.1, 0.15) is 29.9 Å². The molecule has 9 rings (SSSR count). The first-order valence-corrected chi connectivity index (χ1v) is 23.1. The second kappa shape index (κ2) is 19.0. The summed E-state index contributed by atoms with van der Waals surface area (Å²) in [4.78, 5) is 51.9. The van der Waals surface area contributed by atoms with E-state index >= 15 is 9.59 Å². The zero-order valence-corrected chi connectivity index (χ0v) is 38.9. The summed E-state index contributed by atoms with van der Waals surface area (Å²) in [6.07, 6.45) is 1.58. The maximum atomic E-state index is 15.2. The van der Waals surface area contributed by atoms with E-state index in [9.17, 15) is 15.2 Å². The lowest BCUT2D eigenvalue weighted by molar-refractivity contribution is -0.131. The minimum Gasteiger partial charge on any atom is -0.508 e. The minimum absolute atomic E-state index is 0.0137. The first kappa shape index (κ1) is 45.0. The number of carbonyl (C=O) groups excluding carboxylic acids is 3. The van der Waals surface area contributed by atoms with Crippen LogP contribution in [0.4, 0.5) is 11.4 Å². The van der Waals surface area contributed by atoms with Crippen molar-refractivity contribution in [2.45, 2.75) is 59.2 Å². The molecule has 0 aliphatic carbocycles. The summed E-state index contributed by atoms with van der Waals surface area (Å²) in [6, 6.07) is 32.2. The highest BCUT2D eigenvalue weighted by Crippen LogP contribution is 2.38. The lowest BCUT2D eigenvalue weighted by Crippen LogP contribution is -2.43. The number of aromatic hydroxyl groups is 1. The van der Waals surface area contributed by atoms with Crippen LogP contribution in [0.2, 0.25) is 0 Å². The Morgan fingerprint density at radius 3 is 2.27 bits per heavy atom. The standard InChI is InChI=1S/C54H57N7O6/c1-35-26-39-8-6-7-9-41(39)34-60(35)53(64)49-29-42-33-59(52(63)27-38-10-16-46(17-11-38)67-25-22-58-20-23-66-24-21-58)19-18-40(42)28-48(49)51-31-47(36(2)57(51)5)54(65)61(43-12-14-45(62)15-13-43)50-30-44(32-55)56(4)37(50)3/h6-17,28-31,35,62H,18-27,33-34H2,1-5H3/t35-/m1/s1. The maximum Gasteiger partial charge on any atom is 0.264 e. The van der Waals surface area contributed by atoms with Crippen LogP contribution in [0, 0.1) is 25.2 Å². The number of hydrogen-bond acceptors (Lipinski definition) is 8. The summed E-state index contributed by atoms with van der Waals surface area (Å²) >= 11 is 0.